The first kappa shape index (κ1) is 25.8. The van der Waals surface area contributed by atoms with Gasteiger partial charge < -0.3 is 8.92 Å². The molecule has 0 aromatic heterocycles. The molecule has 4 aromatic carbocycles. The maximum absolute atomic E-state index is 13.1. The maximum Gasteiger partial charge on any atom is 0.339 e. The van der Waals surface area contributed by atoms with E-state index in [9.17, 15) is 18.0 Å². The van der Waals surface area contributed by atoms with E-state index in [2.05, 4.69) is 0 Å². The third-order valence-corrected chi connectivity index (χ3v) is 8.28. The monoisotopic (exact) mass is 565 g/mol. The van der Waals surface area contributed by atoms with Crippen LogP contribution in [0.5, 0.6) is 11.5 Å². The van der Waals surface area contributed by atoms with Crippen LogP contribution in [0, 0.1) is 0 Å². The van der Waals surface area contributed by atoms with Crippen LogP contribution in [-0.4, -0.2) is 31.6 Å². The SMILES string of the molecule is COc1cc(/C=C2\SC(=O)N(Cc3cccc4ccccc34)C2=O)ccc1OS(=O)(=O)c1ccc(Cl)cc1. The third-order valence-electron chi connectivity index (χ3n) is 5.87. The lowest BCUT2D eigenvalue weighted by atomic mass is 10.0. The summed E-state index contributed by atoms with van der Waals surface area (Å²) in [5, 5.41) is 2.04. The number of thioether (sulfide) groups is 1. The number of ether oxygens (including phenoxy) is 1. The fourth-order valence-electron chi connectivity index (χ4n) is 4.00. The number of methoxy groups -OCH3 is 1. The molecule has 5 rings (SSSR count). The van der Waals surface area contributed by atoms with E-state index in [4.69, 9.17) is 20.5 Å². The molecule has 1 aliphatic heterocycles. The van der Waals surface area contributed by atoms with Crippen LogP contribution < -0.4 is 8.92 Å². The highest BCUT2D eigenvalue weighted by molar-refractivity contribution is 8.18. The lowest BCUT2D eigenvalue weighted by Gasteiger charge is -2.14. The van der Waals surface area contributed by atoms with Gasteiger partial charge in [0.1, 0.15) is 4.90 Å². The molecular weight excluding hydrogens is 546 g/mol. The van der Waals surface area contributed by atoms with Crippen molar-refractivity contribution in [1.29, 1.82) is 0 Å². The van der Waals surface area contributed by atoms with E-state index in [0.717, 1.165) is 28.1 Å². The number of hydrogen-bond acceptors (Lipinski definition) is 7. The number of benzene rings is 4. The molecule has 192 valence electrons. The van der Waals surface area contributed by atoms with Gasteiger partial charge in [0.15, 0.2) is 11.5 Å². The number of rotatable bonds is 7. The Kier molecular flexibility index (Phi) is 7.16. The van der Waals surface area contributed by atoms with Crippen LogP contribution in [-0.2, 0) is 21.5 Å². The first-order valence-electron chi connectivity index (χ1n) is 11.4. The molecule has 0 unspecified atom stereocenters. The van der Waals surface area contributed by atoms with Gasteiger partial charge in [-0.05, 0) is 76.1 Å². The lowest BCUT2D eigenvalue weighted by molar-refractivity contribution is -0.123. The van der Waals surface area contributed by atoms with Crippen molar-refractivity contribution in [2.75, 3.05) is 7.11 Å². The van der Waals surface area contributed by atoms with Gasteiger partial charge in [-0.3, -0.25) is 14.5 Å². The number of hydrogen-bond donors (Lipinski definition) is 0. The second-order valence-electron chi connectivity index (χ2n) is 8.31. The van der Waals surface area contributed by atoms with Gasteiger partial charge >= 0.3 is 10.1 Å². The van der Waals surface area contributed by atoms with Crippen LogP contribution in [0.2, 0.25) is 5.02 Å². The second kappa shape index (κ2) is 10.5. The summed E-state index contributed by atoms with van der Waals surface area (Å²) in [6, 6.07) is 23.7. The molecule has 1 fully saturated rings. The first-order valence-corrected chi connectivity index (χ1v) is 14.0. The molecule has 0 N–H and O–H groups in total. The zero-order chi connectivity index (χ0) is 26.9. The van der Waals surface area contributed by atoms with Gasteiger partial charge in [0.05, 0.1) is 18.6 Å². The highest BCUT2D eigenvalue weighted by Gasteiger charge is 2.35. The summed E-state index contributed by atoms with van der Waals surface area (Å²) in [7, 11) is -2.76. The number of fused-ring (bicyclic) bond motifs is 1. The topological polar surface area (TPSA) is 90.0 Å². The second-order valence-corrected chi connectivity index (χ2v) is 11.3. The molecular formula is C28H20ClNO6S2. The van der Waals surface area contributed by atoms with Crippen LogP contribution in [0.25, 0.3) is 16.8 Å². The van der Waals surface area contributed by atoms with Crippen molar-refractivity contribution in [3.05, 3.63) is 106 Å². The van der Waals surface area contributed by atoms with Crippen molar-refractivity contribution in [1.82, 2.24) is 4.90 Å². The van der Waals surface area contributed by atoms with Gasteiger partial charge in [0, 0.05) is 5.02 Å². The van der Waals surface area contributed by atoms with Crippen molar-refractivity contribution in [3.63, 3.8) is 0 Å². The molecule has 38 heavy (non-hydrogen) atoms. The van der Waals surface area contributed by atoms with E-state index in [1.807, 2.05) is 42.5 Å². The minimum atomic E-state index is -4.13. The Bertz CT molecular complexity index is 1700. The molecule has 7 nitrogen and oxygen atoms in total. The largest absolute Gasteiger partial charge is 0.493 e. The van der Waals surface area contributed by atoms with E-state index in [1.165, 1.54) is 48.4 Å². The molecule has 1 aliphatic rings. The maximum atomic E-state index is 13.1. The van der Waals surface area contributed by atoms with E-state index in [0.29, 0.717) is 10.6 Å². The molecule has 0 bridgehead atoms. The molecule has 1 heterocycles. The summed E-state index contributed by atoms with van der Waals surface area (Å²) in [4.78, 5) is 27.2. The molecule has 0 aliphatic carbocycles. The van der Waals surface area contributed by atoms with E-state index in [-0.39, 0.29) is 33.1 Å². The molecule has 0 atom stereocenters. The average molecular weight is 566 g/mol. The minimum Gasteiger partial charge on any atom is -0.493 e. The van der Waals surface area contributed by atoms with Crippen molar-refractivity contribution in [2.24, 2.45) is 0 Å². The molecule has 4 aromatic rings. The number of carbonyl (C=O) groups excluding carboxylic acids is 2. The third kappa shape index (κ3) is 5.26. The van der Waals surface area contributed by atoms with Crippen molar-refractivity contribution < 1.29 is 26.9 Å². The number of imide groups is 1. The van der Waals surface area contributed by atoms with E-state index in [1.54, 1.807) is 12.1 Å². The average Bonchev–Trinajstić information content (AvgIpc) is 3.17. The highest BCUT2D eigenvalue weighted by Crippen LogP contribution is 2.36. The van der Waals surface area contributed by atoms with Crippen LogP contribution in [0.3, 0.4) is 0 Å². The Morgan fingerprint density at radius 3 is 2.42 bits per heavy atom. The van der Waals surface area contributed by atoms with Gasteiger partial charge in [-0.15, -0.1) is 0 Å². The van der Waals surface area contributed by atoms with Crippen LogP contribution in [0.4, 0.5) is 4.79 Å². The van der Waals surface area contributed by atoms with Crippen LogP contribution >= 0.6 is 23.4 Å². The molecule has 10 heteroatoms. The van der Waals surface area contributed by atoms with Gasteiger partial charge in [-0.1, -0.05) is 60.1 Å². The summed E-state index contributed by atoms with van der Waals surface area (Å²) in [5.74, 6) is -0.285. The summed E-state index contributed by atoms with van der Waals surface area (Å²) in [5.41, 5.74) is 1.41. The first-order chi connectivity index (χ1) is 18.2. The highest BCUT2D eigenvalue weighted by atomic mass is 35.5. The van der Waals surface area contributed by atoms with Gasteiger partial charge in [-0.2, -0.15) is 8.42 Å². The molecule has 1 saturated heterocycles. The lowest BCUT2D eigenvalue weighted by Crippen LogP contribution is -2.27. The quantitative estimate of drug-likeness (QED) is 0.186. The summed E-state index contributed by atoms with van der Waals surface area (Å²) < 4.78 is 35.9. The van der Waals surface area contributed by atoms with Crippen molar-refractivity contribution in [3.8, 4) is 11.5 Å². The smallest absolute Gasteiger partial charge is 0.339 e. The Morgan fingerprint density at radius 1 is 0.921 bits per heavy atom. The summed E-state index contributed by atoms with van der Waals surface area (Å²) >= 11 is 6.69. The molecule has 0 radical (unpaired) electrons. The molecule has 2 amide bonds. The number of nitrogens with zero attached hydrogens (tertiary/aromatic N) is 1. The van der Waals surface area contributed by atoms with E-state index < -0.39 is 16.0 Å². The number of carbonyl (C=O) groups is 2. The molecule has 0 saturated carbocycles. The zero-order valence-electron chi connectivity index (χ0n) is 20.0. The predicted octanol–water partition coefficient (Wildman–Crippen LogP) is 6.51. The van der Waals surface area contributed by atoms with Crippen molar-refractivity contribution >= 4 is 61.5 Å². The van der Waals surface area contributed by atoms with Gasteiger partial charge in [-0.25, -0.2) is 0 Å². The zero-order valence-corrected chi connectivity index (χ0v) is 22.3. The van der Waals surface area contributed by atoms with Gasteiger partial charge in [0.25, 0.3) is 11.1 Å². The van der Waals surface area contributed by atoms with Crippen LogP contribution in [0.15, 0.2) is 94.7 Å². The summed E-state index contributed by atoms with van der Waals surface area (Å²) in [6.45, 7) is 0.155. The standard InChI is InChI=1S/C28H20ClNO6S2/c1-35-25-15-18(9-14-24(25)36-38(33,34)22-12-10-21(29)11-13-22)16-26-27(31)30(28(32)37-26)17-20-7-4-6-19-5-2-3-8-23(19)20/h2-16H,17H2,1H3/b26-16-. The Labute approximate surface area is 228 Å². The normalized spacial score (nSPS) is 14.9. The Balaban J connectivity index is 1.37. The van der Waals surface area contributed by atoms with Crippen molar-refractivity contribution in [2.45, 2.75) is 11.4 Å². The minimum absolute atomic E-state index is 0.0244. The number of amides is 2. The van der Waals surface area contributed by atoms with Gasteiger partial charge in [0.2, 0.25) is 0 Å². The Hall–Kier alpha value is -3.79. The van der Waals surface area contributed by atoms with Crippen LogP contribution in [0.1, 0.15) is 11.1 Å². The fourth-order valence-corrected chi connectivity index (χ4v) is 5.90. The Morgan fingerprint density at radius 2 is 1.66 bits per heavy atom. The van der Waals surface area contributed by atoms with E-state index >= 15 is 0 Å². The molecule has 0 spiro atoms. The predicted molar refractivity (Wildman–Crippen MR) is 148 cm³/mol. The number of halogens is 1. The fraction of sp³-hybridized carbons (Fsp3) is 0.0714. The summed E-state index contributed by atoms with van der Waals surface area (Å²) in [6.07, 6.45) is 1.56.